The van der Waals surface area contributed by atoms with Crippen LogP contribution in [0.25, 0.3) is 11.0 Å². The van der Waals surface area contributed by atoms with Crippen molar-refractivity contribution in [3.05, 3.63) is 58.5 Å². The lowest BCUT2D eigenvalue weighted by Crippen LogP contribution is -2.44. The molecule has 150 valence electrons. The minimum atomic E-state index is -0.309. The maximum Gasteiger partial charge on any atom is 0.222 e. The van der Waals surface area contributed by atoms with Crippen LogP contribution in [0.3, 0.4) is 0 Å². The third-order valence-electron chi connectivity index (χ3n) is 5.52. The highest BCUT2D eigenvalue weighted by molar-refractivity contribution is 7.09. The van der Waals surface area contributed by atoms with E-state index in [1.807, 2.05) is 36.7 Å². The first-order chi connectivity index (χ1) is 14.0. The average molecular weight is 409 g/mol. The molecular formula is C22H24N4O2S. The van der Waals surface area contributed by atoms with Crippen molar-refractivity contribution in [2.75, 3.05) is 7.05 Å². The second-order valence-corrected chi connectivity index (χ2v) is 8.75. The summed E-state index contributed by atoms with van der Waals surface area (Å²) in [6.07, 6.45) is 6.52. The predicted molar refractivity (Wildman–Crippen MR) is 113 cm³/mol. The van der Waals surface area contributed by atoms with E-state index in [0.29, 0.717) is 25.8 Å². The molecule has 0 spiro atoms. The summed E-state index contributed by atoms with van der Waals surface area (Å²) < 4.78 is 0. The molecule has 29 heavy (non-hydrogen) atoms. The minimum absolute atomic E-state index is 0.0796. The molecule has 6 nitrogen and oxygen atoms in total. The molecule has 0 bridgehead atoms. The Hall–Kier alpha value is -2.80. The zero-order valence-corrected chi connectivity index (χ0v) is 17.2. The highest BCUT2D eigenvalue weighted by atomic mass is 32.1. The molecule has 1 atom stereocenters. The van der Waals surface area contributed by atoms with Gasteiger partial charge in [-0.1, -0.05) is 12.1 Å². The number of benzene rings is 1. The van der Waals surface area contributed by atoms with Gasteiger partial charge in [0.15, 0.2) is 0 Å². The van der Waals surface area contributed by atoms with Crippen molar-refractivity contribution < 1.29 is 9.59 Å². The van der Waals surface area contributed by atoms with Gasteiger partial charge in [-0.15, -0.1) is 11.3 Å². The maximum atomic E-state index is 12.8. The van der Waals surface area contributed by atoms with Crippen molar-refractivity contribution in [3.63, 3.8) is 0 Å². The number of aromatic nitrogens is 2. The van der Waals surface area contributed by atoms with Crippen molar-refractivity contribution >= 4 is 34.2 Å². The van der Waals surface area contributed by atoms with Gasteiger partial charge < -0.3 is 10.2 Å². The van der Waals surface area contributed by atoms with Crippen molar-refractivity contribution in [2.45, 2.75) is 44.2 Å². The van der Waals surface area contributed by atoms with E-state index in [-0.39, 0.29) is 17.4 Å². The van der Waals surface area contributed by atoms with E-state index in [1.165, 1.54) is 4.88 Å². The van der Waals surface area contributed by atoms with E-state index < -0.39 is 0 Å². The highest BCUT2D eigenvalue weighted by Crippen LogP contribution is 2.31. The minimum Gasteiger partial charge on any atom is -0.350 e. The number of carbonyl (C=O) groups excluding carboxylic acids is 2. The zero-order chi connectivity index (χ0) is 20.3. The fourth-order valence-corrected chi connectivity index (χ4v) is 4.78. The summed E-state index contributed by atoms with van der Waals surface area (Å²) in [5, 5.41) is 5.20. The predicted octanol–water partition coefficient (Wildman–Crippen LogP) is 3.32. The smallest absolute Gasteiger partial charge is 0.222 e. The molecule has 2 amide bonds. The Morgan fingerprint density at radius 2 is 2.07 bits per heavy atom. The fraction of sp³-hybridized carbons (Fsp3) is 0.364. The molecule has 0 saturated carbocycles. The molecule has 0 radical (unpaired) electrons. The summed E-state index contributed by atoms with van der Waals surface area (Å²) in [6, 6.07) is 10.0. The SMILES string of the molecule is CN(Cc1ccc2nccnc2c1)C(=O)CCC1(Cc2cccs2)CCC(=O)N1. The van der Waals surface area contributed by atoms with Gasteiger partial charge in [-0.3, -0.25) is 19.6 Å². The molecule has 1 fully saturated rings. The first-order valence-electron chi connectivity index (χ1n) is 9.80. The Labute approximate surface area is 174 Å². The van der Waals surface area contributed by atoms with E-state index in [1.54, 1.807) is 28.6 Å². The van der Waals surface area contributed by atoms with Crippen LogP contribution in [-0.4, -0.2) is 39.3 Å². The van der Waals surface area contributed by atoms with E-state index in [9.17, 15) is 9.59 Å². The molecule has 1 aliphatic heterocycles. The van der Waals surface area contributed by atoms with Crippen LogP contribution in [0.2, 0.25) is 0 Å². The number of amides is 2. The molecule has 0 aliphatic carbocycles. The Balaban J connectivity index is 1.38. The van der Waals surface area contributed by atoms with E-state index in [0.717, 1.165) is 29.4 Å². The molecule has 1 saturated heterocycles. The lowest BCUT2D eigenvalue weighted by molar-refractivity contribution is -0.131. The van der Waals surface area contributed by atoms with E-state index in [2.05, 4.69) is 21.4 Å². The van der Waals surface area contributed by atoms with E-state index in [4.69, 9.17) is 0 Å². The first kappa shape index (κ1) is 19.5. The van der Waals surface area contributed by atoms with Crippen LogP contribution in [0.4, 0.5) is 0 Å². The van der Waals surface area contributed by atoms with Gasteiger partial charge in [-0.2, -0.15) is 0 Å². The van der Waals surface area contributed by atoms with Crippen LogP contribution >= 0.6 is 11.3 Å². The van der Waals surface area contributed by atoms with Crippen molar-refractivity contribution in [3.8, 4) is 0 Å². The third kappa shape index (κ3) is 4.62. The second-order valence-electron chi connectivity index (χ2n) is 7.71. The van der Waals surface area contributed by atoms with Crippen LogP contribution in [-0.2, 0) is 22.6 Å². The van der Waals surface area contributed by atoms with Crippen LogP contribution in [0.15, 0.2) is 48.1 Å². The largest absolute Gasteiger partial charge is 0.350 e. The second kappa shape index (κ2) is 8.29. The van der Waals surface area contributed by atoms with Crippen LogP contribution in [0.1, 0.15) is 36.1 Å². The van der Waals surface area contributed by atoms with Crippen LogP contribution < -0.4 is 5.32 Å². The van der Waals surface area contributed by atoms with Gasteiger partial charge in [-0.05, 0) is 42.0 Å². The molecule has 3 aromatic rings. The van der Waals surface area contributed by atoms with Crippen molar-refractivity contribution in [1.82, 2.24) is 20.2 Å². The quantitative estimate of drug-likeness (QED) is 0.651. The van der Waals surface area contributed by atoms with E-state index >= 15 is 0 Å². The summed E-state index contributed by atoms with van der Waals surface area (Å²) in [4.78, 5) is 36.3. The number of rotatable bonds is 7. The van der Waals surface area contributed by atoms with Gasteiger partial charge >= 0.3 is 0 Å². The lowest BCUT2D eigenvalue weighted by Gasteiger charge is -2.29. The average Bonchev–Trinajstić information content (AvgIpc) is 3.36. The van der Waals surface area contributed by atoms with Crippen molar-refractivity contribution in [1.29, 1.82) is 0 Å². The number of fused-ring (bicyclic) bond motifs is 1. The fourth-order valence-electron chi connectivity index (χ4n) is 3.94. The molecule has 2 aromatic heterocycles. The molecule has 4 rings (SSSR count). The Morgan fingerprint density at radius 3 is 2.79 bits per heavy atom. The van der Waals surface area contributed by atoms with Crippen LogP contribution in [0, 0.1) is 0 Å². The van der Waals surface area contributed by atoms with Gasteiger partial charge in [0.25, 0.3) is 0 Å². The summed E-state index contributed by atoms with van der Waals surface area (Å²) in [5.74, 6) is 0.163. The summed E-state index contributed by atoms with van der Waals surface area (Å²) in [6.45, 7) is 0.523. The highest BCUT2D eigenvalue weighted by Gasteiger charge is 2.38. The van der Waals surface area contributed by atoms with Gasteiger partial charge in [-0.25, -0.2) is 0 Å². The van der Waals surface area contributed by atoms with Gasteiger partial charge in [0.2, 0.25) is 11.8 Å². The van der Waals surface area contributed by atoms with Crippen molar-refractivity contribution in [2.24, 2.45) is 0 Å². The molecule has 1 unspecified atom stereocenters. The number of hydrogen-bond acceptors (Lipinski definition) is 5. The number of hydrogen-bond donors (Lipinski definition) is 1. The summed E-state index contributed by atoms with van der Waals surface area (Å²) >= 11 is 1.70. The maximum absolute atomic E-state index is 12.8. The monoisotopic (exact) mass is 408 g/mol. The number of carbonyl (C=O) groups is 2. The molecule has 3 heterocycles. The van der Waals surface area contributed by atoms with Gasteiger partial charge in [0, 0.05) is 55.7 Å². The Morgan fingerprint density at radius 1 is 1.24 bits per heavy atom. The molecular weight excluding hydrogens is 384 g/mol. The first-order valence-corrected chi connectivity index (χ1v) is 10.7. The molecule has 1 aliphatic rings. The third-order valence-corrected chi connectivity index (χ3v) is 6.40. The number of nitrogens with zero attached hydrogens (tertiary/aromatic N) is 3. The van der Waals surface area contributed by atoms with Gasteiger partial charge in [0.1, 0.15) is 0 Å². The topological polar surface area (TPSA) is 75.2 Å². The number of nitrogens with one attached hydrogen (secondary N) is 1. The molecule has 1 N–H and O–H groups in total. The normalized spacial score (nSPS) is 18.7. The standard InChI is InChI=1S/C22H24N4O2S/c1-26(15-16-4-5-18-19(13-16)24-11-10-23-18)21(28)7-9-22(8-6-20(27)25-22)14-17-3-2-12-29-17/h2-5,10-13H,6-9,14-15H2,1H3,(H,25,27). The van der Waals surface area contributed by atoms with Gasteiger partial charge in [0.05, 0.1) is 11.0 Å². The Kier molecular flexibility index (Phi) is 5.58. The van der Waals surface area contributed by atoms with Crippen LogP contribution in [0.5, 0.6) is 0 Å². The number of thiophene rings is 1. The molecule has 1 aromatic carbocycles. The molecule has 7 heteroatoms. The zero-order valence-electron chi connectivity index (χ0n) is 16.4. The lowest BCUT2D eigenvalue weighted by atomic mass is 9.87. The summed E-state index contributed by atoms with van der Waals surface area (Å²) in [5.41, 5.74) is 2.39. The summed E-state index contributed by atoms with van der Waals surface area (Å²) in [7, 11) is 1.82. The Bertz CT molecular complexity index is 1020.